The fraction of sp³-hybridized carbons (Fsp3) is 0.545. The number of hydrogen-bond acceptors (Lipinski definition) is 3. The smallest absolute Gasteiger partial charge is 0.220 e. The van der Waals surface area contributed by atoms with E-state index in [1.54, 1.807) is 6.20 Å². The maximum Gasteiger partial charge on any atom is 0.220 e. The van der Waals surface area contributed by atoms with Crippen molar-refractivity contribution in [2.75, 3.05) is 6.54 Å². The Labute approximate surface area is 89.1 Å². The minimum absolute atomic E-state index is 0.115. The van der Waals surface area contributed by atoms with Gasteiger partial charge < -0.3 is 5.32 Å². The van der Waals surface area contributed by atoms with E-state index in [1.807, 2.05) is 6.07 Å². The third kappa shape index (κ3) is 2.14. The van der Waals surface area contributed by atoms with Crippen LogP contribution in [0.15, 0.2) is 12.3 Å². The van der Waals surface area contributed by atoms with Gasteiger partial charge in [0.1, 0.15) is 5.82 Å². The first kappa shape index (κ1) is 10.1. The zero-order chi connectivity index (χ0) is 10.8. The van der Waals surface area contributed by atoms with Gasteiger partial charge in [0.25, 0.3) is 0 Å². The van der Waals surface area contributed by atoms with Crippen LogP contribution in [-0.2, 0) is 4.79 Å². The number of amides is 1. The predicted molar refractivity (Wildman–Crippen MR) is 56.5 cm³/mol. The lowest BCUT2D eigenvalue weighted by atomic mass is 10.0. The summed E-state index contributed by atoms with van der Waals surface area (Å²) >= 11 is 0. The summed E-state index contributed by atoms with van der Waals surface area (Å²) in [6, 6.07) is 1.90. The number of carbonyl (C=O) groups excluding carboxylic acids is 1. The topological polar surface area (TPSA) is 54.9 Å². The van der Waals surface area contributed by atoms with E-state index in [0.29, 0.717) is 18.9 Å². The summed E-state index contributed by atoms with van der Waals surface area (Å²) in [6.45, 7) is 4.84. The molecule has 4 nitrogen and oxygen atoms in total. The van der Waals surface area contributed by atoms with E-state index < -0.39 is 0 Å². The molecule has 1 amide bonds. The predicted octanol–water partition coefficient (Wildman–Crippen LogP) is 1.20. The molecule has 80 valence electrons. The summed E-state index contributed by atoms with van der Waals surface area (Å²) in [6.07, 6.45) is 2.33. The van der Waals surface area contributed by atoms with Crippen LogP contribution in [-0.4, -0.2) is 22.4 Å². The Balaban J connectivity index is 2.21. The largest absolute Gasteiger partial charge is 0.355 e. The van der Waals surface area contributed by atoms with Crippen LogP contribution in [0.2, 0.25) is 0 Å². The summed E-state index contributed by atoms with van der Waals surface area (Å²) in [5.41, 5.74) is 0.979. The fourth-order valence-electron chi connectivity index (χ4n) is 1.71. The van der Waals surface area contributed by atoms with Gasteiger partial charge in [0.15, 0.2) is 0 Å². The van der Waals surface area contributed by atoms with Gasteiger partial charge in [-0.1, -0.05) is 13.8 Å². The number of nitrogens with zero attached hydrogens (tertiary/aromatic N) is 2. The number of nitrogens with one attached hydrogen (secondary N) is 1. The monoisotopic (exact) mass is 205 g/mol. The second kappa shape index (κ2) is 3.96. The molecule has 1 fully saturated rings. The van der Waals surface area contributed by atoms with Gasteiger partial charge in [0, 0.05) is 36.7 Å². The van der Waals surface area contributed by atoms with Crippen LogP contribution in [0.25, 0.3) is 0 Å². The van der Waals surface area contributed by atoms with Crippen molar-refractivity contribution < 1.29 is 4.79 Å². The Morgan fingerprint density at radius 1 is 1.53 bits per heavy atom. The zero-order valence-electron chi connectivity index (χ0n) is 9.03. The lowest BCUT2D eigenvalue weighted by molar-refractivity contribution is -0.119. The first-order chi connectivity index (χ1) is 7.16. The van der Waals surface area contributed by atoms with Crippen LogP contribution >= 0.6 is 0 Å². The number of aromatic nitrogens is 2. The van der Waals surface area contributed by atoms with Crippen molar-refractivity contribution >= 4 is 5.91 Å². The van der Waals surface area contributed by atoms with Gasteiger partial charge in [-0.15, -0.1) is 0 Å². The second-order valence-corrected chi connectivity index (χ2v) is 4.20. The van der Waals surface area contributed by atoms with Crippen LogP contribution in [0, 0.1) is 0 Å². The Kier molecular flexibility index (Phi) is 2.66. The van der Waals surface area contributed by atoms with Crippen molar-refractivity contribution in [3.8, 4) is 0 Å². The Hall–Kier alpha value is -1.45. The Morgan fingerprint density at radius 3 is 2.93 bits per heavy atom. The van der Waals surface area contributed by atoms with Gasteiger partial charge in [-0.25, -0.2) is 9.97 Å². The van der Waals surface area contributed by atoms with Gasteiger partial charge in [-0.05, 0) is 6.07 Å². The highest BCUT2D eigenvalue weighted by molar-refractivity contribution is 5.79. The summed E-state index contributed by atoms with van der Waals surface area (Å²) in [5, 5.41) is 2.82. The molecular weight excluding hydrogens is 190 g/mol. The normalized spacial score (nSPS) is 20.7. The van der Waals surface area contributed by atoms with E-state index in [-0.39, 0.29) is 11.8 Å². The molecule has 0 radical (unpaired) electrons. The van der Waals surface area contributed by atoms with Crippen molar-refractivity contribution in [3.05, 3.63) is 23.8 Å². The lowest BCUT2D eigenvalue weighted by Crippen LogP contribution is -2.14. The SMILES string of the molecule is CC(C)c1nccc(C2CNC(=O)C2)n1. The third-order valence-corrected chi connectivity index (χ3v) is 2.61. The van der Waals surface area contributed by atoms with Gasteiger partial charge in [-0.3, -0.25) is 4.79 Å². The quantitative estimate of drug-likeness (QED) is 0.789. The zero-order valence-corrected chi connectivity index (χ0v) is 9.03. The maximum atomic E-state index is 11.1. The molecule has 1 N–H and O–H groups in total. The average Bonchev–Trinajstić information content (AvgIpc) is 2.65. The van der Waals surface area contributed by atoms with E-state index in [1.165, 1.54) is 0 Å². The molecule has 2 rings (SSSR count). The lowest BCUT2D eigenvalue weighted by Gasteiger charge is -2.09. The van der Waals surface area contributed by atoms with Crippen LogP contribution < -0.4 is 5.32 Å². The minimum atomic E-state index is 0.115. The molecule has 1 aromatic heterocycles. The van der Waals surface area contributed by atoms with E-state index in [0.717, 1.165) is 11.5 Å². The Bertz CT molecular complexity index is 376. The molecule has 1 aliphatic heterocycles. The first-order valence-electron chi connectivity index (χ1n) is 5.26. The molecule has 0 aliphatic carbocycles. The van der Waals surface area contributed by atoms with Crippen molar-refractivity contribution in [2.24, 2.45) is 0 Å². The van der Waals surface area contributed by atoms with Gasteiger partial charge in [0.2, 0.25) is 5.91 Å². The van der Waals surface area contributed by atoms with Crippen molar-refractivity contribution in [1.29, 1.82) is 0 Å². The second-order valence-electron chi connectivity index (χ2n) is 4.20. The highest BCUT2D eigenvalue weighted by Crippen LogP contribution is 2.21. The van der Waals surface area contributed by atoms with E-state index in [4.69, 9.17) is 0 Å². The average molecular weight is 205 g/mol. The molecule has 1 saturated heterocycles. The van der Waals surface area contributed by atoms with Crippen molar-refractivity contribution in [1.82, 2.24) is 15.3 Å². The molecule has 0 bridgehead atoms. The highest BCUT2D eigenvalue weighted by Gasteiger charge is 2.24. The van der Waals surface area contributed by atoms with Gasteiger partial charge >= 0.3 is 0 Å². The highest BCUT2D eigenvalue weighted by atomic mass is 16.1. The number of rotatable bonds is 2. The van der Waals surface area contributed by atoms with Crippen LogP contribution in [0.5, 0.6) is 0 Å². The van der Waals surface area contributed by atoms with Gasteiger partial charge in [0.05, 0.1) is 0 Å². The van der Waals surface area contributed by atoms with Crippen LogP contribution in [0.1, 0.15) is 43.6 Å². The molecule has 2 heterocycles. The first-order valence-corrected chi connectivity index (χ1v) is 5.26. The number of carbonyl (C=O) groups is 1. The van der Waals surface area contributed by atoms with Crippen molar-refractivity contribution in [2.45, 2.75) is 32.1 Å². The summed E-state index contributed by atoms with van der Waals surface area (Å²) in [7, 11) is 0. The summed E-state index contributed by atoms with van der Waals surface area (Å²) < 4.78 is 0. The van der Waals surface area contributed by atoms with Crippen LogP contribution in [0.4, 0.5) is 0 Å². The van der Waals surface area contributed by atoms with E-state index in [9.17, 15) is 4.79 Å². The van der Waals surface area contributed by atoms with Gasteiger partial charge in [-0.2, -0.15) is 0 Å². The minimum Gasteiger partial charge on any atom is -0.355 e. The Morgan fingerprint density at radius 2 is 2.33 bits per heavy atom. The van der Waals surface area contributed by atoms with E-state index in [2.05, 4.69) is 29.1 Å². The molecular formula is C11H15N3O. The van der Waals surface area contributed by atoms with Crippen LogP contribution in [0.3, 0.4) is 0 Å². The molecule has 4 heteroatoms. The summed E-state index contributed by atoms with van der Waals surface area (Å²) in [4.78, 5) is 19.8. The molecule has 0 aromatic carbocycles. The molecule has 0 spiro atoms. The van der Waals surface area contributed by atoms with E-state index >= 15 is 0 Å². The summed E-state index contributed by atoms with van der Waals surface area (Å²) in [5.74, 6) is 1.52. The fourth-order valence-corrected chi connectivity index (χ4v) is 1.71. The molecule has 0 saturated carbocycles. The maximum absolute atomic E-state index is 11.1. The third-order valence-electron chi connectivity index (χ3n) is 2.61. The molecule has 1 unspecified atom stereocenters. The number of hydrogen-bond donors (Lipinski definition) is 1. The molecule has 1 aromatic rings. The molecule has 1 aliphatic rings. The standard InChI is InChI=1S/C11H15N3O/c1-7(2)11-12-4-3-9(14-11)8-5-10(15)13-6-8/h3-4,7-8H,5-6H2,1-2H3,(H,13,15). The molecule has 1 atom stereocenters. The van der Waals surface area contributed by atoms with Crippen molar-refractivity contribution in [3.63, 3.8) is 0 Å². The molecule has 15 heavy (non-hydrogen) atoms.